The van der Waals surface area contributed by atoms with E-state index in [4.69, 9.17) is 0 Å². The summed E-state index contributed by atoms with van der Waals surface area (Å²) in [5.74, 6) is -1.03. The third kappa shape index (κ3) is 4.40. The monoisotopic (exact) mass is 443 g/mol. The lowest BCUT2D eigenvalue weighted by Crippen LogP contribution is -2.24. The summed E-state index contributed by atoms with van der Waals surface area (Å²) in [5.41, 5.74) is -1.60. The molecule has 3 rings (SSSR count). The second-order valence-electron chi connectivity index (χ2n) is 6.64. The van der Waals surface area contributed by atoms with E-state index < -0.39 is 38.9 Å². The summed E-state index contributed by atoms with van der Waals surface area (Å²) in [7, 11) is -2.62. The van der Waals surface area contributed by atoms with Crippen LogP contribution >= 0.6 is 0 Å². The number of hydrogen-bond acceptors (Lipinski definition) is 3. The highest BCUT2D eigenvalue weighted by Gasteiger charge is 2.31. The van der Waals surface area contributed by atoms with Crippen molar-refractivity contribution in [3.05, 3.63) is 81.5 Å². The molecule has 0 spiro atoms. The number of anilines is 1. The number of nitrogens with zero attached hydrogens (tertiary/aromatic N) is 2. The van der Waals surface area contributed by atoms with E-state index in [0.29, 0.717) is 5.56 Å². The van der Waals surface area contributed by atoms with Gasteiger partial charge in [0.1, 0.15) is 11.5 Å². The number of aromatic nitrogens is 2. The van der Waals surface area contributed by atoms with Crippen LogP contribution < -0.4 is 10.3 Å². The normalized spacial score (nSPS) is 12.2. The van der Waals surface area contributed by atoms with Gasteiger partial charge in [-0.3, -0.25) is 14.2 Å². The van der Waals surface area contributed by atoms with E-state index in [2.05, 4.69) is 4.72 Å². The summed E-state index contributed by atoms with van der Waals surface area (Å²) >= 11 is 0. The smallest absolute Gasteiger partial charge is 0.283 e. The van der Waals surface area contributed by atoms with Gasteiger partial charge in [-0.2, -0.15) is 13.2 Å². The number of nitrogens with one attached hydrogen (secondary N) is 1. The minimum absolute atomic E-state index is 0.0654. The fraction of sp³-hybridized carbons (Fsp3) is 0.211. The molecule has 0 unspecified atom stereocenters. The molecule has 1 heterocycles. The molecule has 0 bridgehead atoms. The Bertz CT molecular complexity index is 1240. The van der Waals surface area contributed by atoms with Crippen molar-refractivity contribution in [2.45, 2.75) is 18.9 Å². The van der Waals surface area contributed by atoms with Crippen LogP contribution in [-0.2, 0) is 29.0 Å². The van der Waals surface area contributed by atoms with Gasteiger partial charge in [-0.1, -0.05) is 18.2 Å². The first-order chi connectivity index (χ1) is 13.9. The van der Waals surface area contributed by atoms with E-state index in [1.54, 1.807) is 0 Å². The van der Waals surface area contributed by atoms with E-state index in [1.807, 2.05) is 0 Å². The SMILES string of the molecule is Cc1c(NS(=O)(=O)Cc2ccc(F)cc2)c(=O)n(-c2cccc(C(F)(F)F)c2)n1C. The lowest BCUT2D eigenvalue weighted by Gasteiger charge is -2.11. The maximum Gasteiger partial charge on any atom is 0.416 e. The molecule has 1 aromatic heterocycles. The van der Waals surface area contributed by atoms with Gasteiger partial charge in [-0.15, -0.1) is 0 Å². The molecule has 11 heteroatoms. The summed E-state index contributed by atoms with van der Waals surface area (Å²) in [5, 5.41) is 0. The molecule has 0 radical (unpaired) electrons. The van der Waals surface area contributed by atoms with E-state index in [0.717, 1.165) is 35.0 Å². The Morgan fingerprint density at radius 1 is 1.07 bits per heavy atom. The fourth-order valence-corrected chi connectivity index (χ4v) is 4.17. The van der Waals surface area contributed by atoms with Gasteiger partial charge in [0.2, 0.25) is 10.0 Å². The Labute approximate surface area is 169 Å². The molecule has 3 aromatic rings. The molecule has 0 aliphatic rings. The second kappa shape index (κ2) is 7.63. The van der Waals surface area contributed by atoms with Crippen molar-refractivity contribution in [2.75, 3.05) is 4.72 Å². The Hall–Kier alpha value is -3.08. The highest BCUT2D eigenvalue weighted by atomic mass is 32.2. The van der Waals surface area contributed by atoms with Crippen LogP contribution in [0.4, 0.5) is 23.2 Å². The highest BCUT2D eigenvalue weighted by molar-refractivity contribution is 7.91. The Kier molecular flexibility index (Phi) is 5.50. The van der Waals surface area contributed by atoms with Crippen molar-refractivity contribution >= 4 is 15.7 Å². The molecular weight excluding hydrogens is 426 g/mol. The number of alkyl halides is 3. The standard InChI is InChI=1S/C19H17F4N3O3S/c1-12-17(24-30(28,29)11-13-6-8-15(20)9-7-13)18(27)26(25(12)2)16-5-3-4-14(10-16)19(21,22)23/h3-10,24H,11H2,1-2H3. The number of rotatable bonds is 5. The van der Waals surface area contributed by atoms with Crippen molar-refractivity contribution in [3.8, 4) is 5.69 Å². The molecule has 0 saturated heterocycles. The Balaban J connectivity index is 1.99. The molecule has 0 atom stereocenters. The van der Waals surface area contributed by atoms with Gasteiger partial charge in [0.05, 0.1) is 22.7 Å². The summed E-state index contributed by atoms with van der Waals surface area (Å²) in [6.45, 7) is 1.46. The van der Waals surface area contributed by atoms with Crippen LogP contribution in [0.3, 0.4) is 0 Å². The van der Waals surface area contributed by atoms with Crippen LogP contribution in [0.25, 0.3) is 5.69 Å². The largest absolute Gasteiger partial charge is 0.416 e. The van der Waals surface area contributed by atoms with Crippen molar-refractivity contribution in [1.82, 2.24) is 9.36 Å². The summed E-state index contributed by atoms with van der Waals surface area (Å²) < 4.78 is 81.4. The molecule has 0 aliphatic carbocycles. The minimum Gasteiger partial charge on any atom is -0.283 e. The first-order valence-electron chi connectivity index (χ1n) is 8.60. The second-order valence-corrected chi connectivity index (χ2v) is 8.36. The summed E-state index contributed by atoms with van der Waals surface area (Å²) in [6, 6.07) is 8.96. The van der Waals surface area contributed by atoms with Gasteiger partial charge in [0.15, 0.2) is 0 Å². The van der Waals surface area contributed by atoms with Crippen LogP contribution in [0, 0.1) is 12.7 Å². The zero-order valence-corrected chi connectivity index (χ0v) is 16.7. The minimum atomic E-state index is -4.60. The van der Waals surface area contributed by atoms with Gasteiger partial charge in [0, 0.05) is 7.05 Å². The van der Waals surface area contributed by atoms with Crippen molar-refractivity contribution < 1.29 is 26.0 Å². The van der Waals surface area contributed by atoms with Crippen molar-refractivity contribution in [2.24, 2.45) is 7.05 Å². The molecule has 1 N–H and O–H groups in total. The average Bonchev–Trinajstić information content (AvgIpc) is 2.86. The Morgan fingerprint density at radius 2 is 1.70 bits per heavy atom. The fourth-order valence-electron chi connectivity index (χ4n) is 2.92. The lowest BCUT2D eigenvalue weighted by atomic mass is 10.2. The van der Waals surface area contributed by atoms with Gasteiger partial charge in [-0.05, 0) is 42.8 Å². The van der Waals surface area contributed by atoms with Crippen LogP contribution in [0.2, 0.25) is 0 Å². The van der Waals surface area contributed by atoms with E-state index >= 15 is 0 Å². The first kappa shape index (κ1) is 21.6. The molecule has 30 heavy (non-hydrogen) atoms. The number of sulfonamides is 1. The maximum absolute atomic E-state index is 13.0. The number of halogens is 4. The topological polar surface area (TPSA) is 73.1 Å². The maximum atomic E-state index is 13.0. The summed E-state index contributed by atoms with van der Waals surface area (Å²) in [6.07, 6.45) is -4.60. The predicted octanol–water partition coefficient (Wildman–Crippen LogP) is 3.58. The van der Waals surface area contributed by atoms with Crippen molar-refractivity contribution in [3.63, 3.8) is 0 Å². The Morgan fingerprint density at radius 3 is 2.30 bits per heavy atom. The van der Waals surface area contributed by atoms with Crippen LogP contribution in [0.15, 0.2) is 53.3 Å². The van der Waals surface area contributed by atoms with Gasteiger partial charge < -0.3 is 0 Å². The lowest BCUT2D eigenvalue weighted by molar-refractivity contribution is -0.137. The van der Waals surface area contributed by atoms with Crippen LogP contribution in [-0.4, -0.2) is 17.8 Å². The van der Waals surface area contributed by atoms with Gasteiger partial charge >= 0.3 is 6.18 Å². The number of hydrogen-bond donors (Lipinski definition) is 1. The molecule has 160 valence electrons. The van der Waals surface area contributed by atoms with Crippen molar-refractivity contribution in [1.29, 1.82) is 0 Å². The van der Waals surface area contributed by atoms with Gasteiger partial charge in [0.25, 0.3) is 5.56 Å². The third-order valence-corrected chi connectivity index (χ3v) is 5.73. The molecular formula is C19H17F4N3O3S. The van der Waals surface area contributed by atoms with Crippen LogP contribution in [0.5, 0.6) is 0 Å². The predicted molar refractivity (Wildman–Crippen MR) is 103 cm³/mol. The van der Waals surface area contributed by atoms with E-state index in [-0.39, 0.29) is 17.1 Å². The van der Waals surface area contributed by atoms with E-state index in [9.17, 15) is 30.8 Å². The molecule has 0 amide bonds. The highest BCUT2D eigenvalue weighted by Crippen LogP contribution is 2.30. The zero-order valence-electron chi connectivity index (χ0n) is 15.9. The number of benzene rings is 2. The molecule has 6 nitrogen and oxygen atoms in total. The molecule has 2 aromatic carbocycles. The first-order valence-corrected chi connectivity index (χ1v) is 10.3. The average molecular weight is 443 g/mol. The molecule has 0 fully saturated rings. The molecule has 0 aliphatic heterocycles. The van der Waals surface area contributed by atoms with Gasteiger partial charge in [-0.25, -0.2) is 17.5 Å². The zero-order chi connectivity index (χ0) is 22.3. The summed E-state index contributed by atoms with van der Waals surface area (Å²) in [4.78, 5) is 12.8. The third-order valence-electron chi connectivity index (χ3n) is 4.50. The quantitative estimate of drug-likeness (QED) is 0.613. The van der Waals surface area contributed by atoms with E-state index in [1.165, 1.54) is 36.9 Å². The molecule has 0 saturated carbocycles. The van der Waals surface area contributed by atoms with Crippen LogP contribution in [0.1, 0.15) is 16.8 Å².